The van der Waals surface area contributed by atoms with Crippen molar-refractivity contribution in [1.82, 2.24) is 5.32 Å². The second kappa shape index (κ2) is 6.27. The van der Waals surface area contributed by atoms with Crippen molar-refractivity contribution in [1.29, 1.82) is 0 Å². The molecule has 1 unspecified atom stereocenters. The van der Waals surface area contributed by atoms with Crippen LogP contribution in [0, 0.1) is 0 Å². The van der Waals surface area contributed by atoms with Crippen molar-refractivity contribution in [3.05, 3.63) is 29.8 Å². The molecule has 0 bridgehead atoms. The van der Waals surface area contributed by atoms with Gasteiger partial charge in [-0.05, 0) is 26.8 Å². The standard InChI is InChI=1S/C14H19NO5/c1-14(2,3)20-13(18)15-11(12(17)19-4)9-7-5-6-8-10(9)16/h5-8,11,16H,1-4H3,(H,15,18). The highest BCUT2D eigenvalue weighted by Gasteiger charge is 2.28. The summed E-state index contributed by atoms with van der Waals surface area (Å²) in [6.07, 6.45) is -0.767. The maximum Gasteiger partial charge on any atom is 0.408 e. The lowest BCUT2D eigenvalue weighted by Crippen LogP contribution is -2.38. The van der Waals surface area contributed by atoms with Crippen LogP contribution in [0.5, 0.6) is 5.75 Å². The molecule has 0 aliphatic heterocycles. The number of phenols is 1. The molecule has 1 amide bonds. The fraction of sp³-hybridized carbons (Fsp3) is 0.429. The molecule has 1 aromatic carbocycles. The Kier molecular flexibility index (Phi) is 4.96. The topological polar surface area (TPSA) is 84.9 Å². The number of methoxy groups -OCH3 is 1. The quantitative estimate of drug-likeness (QED) is 0.829. The van der Waals surface area contributed by atoms with E-state index in [0.29, 0.717) is 0 Å². The number of hydrogen-bond acceptors (Lipinski definition) is 5. The van der Waals surface area contributed by atoms with Crippen molar-refractivity contribution in [2.75, 3.05) is 7.11 Å². The summed E-state index contributed by atoms with van der Waals surface area (Å²) in [6.45, 7) is 5.12. The summed E-state index contributed by atoms with van der Waals surface area (Å²) in [4.78, 5) is 23.5. The Balaban J connectivity index is 2.95. The number of benzene rings is 1. The van der Waals surface area contributed by atoms with Gasteiger partial charge in [0.2, 0.25) is 0 Å². The predicted molar refractivity (Wildman–Crippen MR) is 72.2 cm³/mol. The lowest BCUT2D eigenvalue weighted by atomic mass is 10.1. The molecular formula is C14H19NO5. The van der Waals surface area contributed by atoms with Gasteiger partial charge in [-0.25, -0.2) is 9.59 Å². The van der Waals surface area contributed by atoms with E-state index in [4.69, 9.17) is 4.74 Å². The molecule has 0 saturated carbocycles. The Morgan fingerprint density at radius 2 is 1.85 bits per heavy atom. The summed E-state index contributed by atoms with van der Waals surface area (Å²) in [7, 11) is 1.20. The first-order valence-electron chi connectivity index (χ1n) is 6.10. The van der Waals surface area contributed by atoms with Crippen LogP contribution in [0.3, 0.4) is 0 Å². The van der Waals surface area contributed by atoms with E-state index >= 15 is 0 Å². The van der Waals surface area contributed by atoms with Gasteiger partial charge in [0, 0.05) is 5.56 Å². The highest BCUT2D eigenvalue weighted by atomic mass is 16.6. The van der Waals surface area contributed by atoms with Crippen molar-refractivity contribution in [3.63, 3.8) is 0 Å². The molecule has 0 aliphatic carbocycles. The number of carbonyl (C=O) groups is 2. The van der Waals surface area contributed by atoms with E-state index in [-0.39, 0.29) is 11.3 Å². The van der Waals surface area contributed by atoms with Gasteiger partial charge in [0.1, 0.15) is 11.4 Å². The Hall–Kier alpha value is -2.24. The summed E-state index contributed by atoms with van der Waals surface area (Å²) in [5.41, 5.74) is -0.450. The number of alkyl carbamates (subject to hydrolysis) is 1. The largest absolute Gasteiger partial charge is 0.508 e. The van der Waals surface area contributed by atoms with Crippen LogP contribution in [0.15, 0.2) is 24.3 Å². The van der Waals surface area contributed by atoms with Crippen LogP contribution in [0.4, 0.5) is 4.79 Å². The van der Waals surface area contributed by atoms with Crippen LogP contribution >= 0.6 is 0 Å². The second-order valence-corrected chi connectivity index (χ2v) is 5.16. The van der Waals surface area contributed by atoms with Gasteiger partial charge in [-0.2, -0.15) is 0 Å². The van der Waals surface area contributed by atoms with E-state index in [9.17, 15) is 14.7 Å². The normalized spacial score (nSPS) is 12.4. The summed E-state index contributed by atoms with van der Waals surface area (Å²) >= 11 is 0. The summed E-state index contributed by atoms with van der Waals surface area (Å²) in [6, 6.07) is 5.06. The smallest absolute Gasteiger partial charge is 0.408 e. The van der Waals surface area contributed by atoms with E-state index < -0.39 is 23.7 Å². The average Bonchev–Trinajstić information content (AvgIpc) is 2.34. The number of para-hydroxylation sites is 1. The summed E-state index contributed by atoms with van der Waals surface area (Å²) in [5, 5.41) is 12.2. The fourth-order valence-corrected chi connectivity index (χ4v) is 1.54. The number of rotatable bonds is 3. The molecular weight excluding hydrogens is 262 g/mol. The number of amides is 1. The van der Waals surface area contributed by atoms with Crippen molar-refractivity contribution in [2.24, 2.45) is 0 Å². The molecule has 0 aromatic heterocycles. The first kappa shape index (κ1) is 15.8. The minimum Gasteiger partial charge on any atom is -0.508 e. The van der Waals surface area contributed by atoms with E-state index in [1.165, 1.54) is 19.2 Å². The monoisotopic (exact) mass is 281 g/mol. The van der Waals surface area contributed by atoms with Crippen molar-refractivity contribution in [3.8, 4) is 5.75 Å². The summed E-state index contributed by atoms with van der Waals surface area (Å²) in [5.74, 6) is -0.809. The number of hydrogen-bond donors (Lipinski definition) is 2. The molecule has 0 spiro atoms. The van der Waals surface area contributed by atoms with Gasteiger partial charge in [-0.1, -0.05) is 18.2 Å². The van der Waals surface area contributed by atoms with Gasteiger partial charge < -0.3 is 19.9 Å². The molecule has 110 valence electrons. The van der Waals surface area contributed by atoms with Gasteiger partial charge in [-0.3, -0.25) is 0 Å². The maximum atomic E-state index is 11.8. The lowest BCUT2D eigenvalue weighted by molar-refractivity contribution is -0.143. The number of aromatic hydroxyl groups is 1. The number of carbonyl (C=O) groups excluding carboxylic acids is 2. The zero-order valence-electron chi connectivity index (χ0n) is 12.0. The fourth-order valence-electron chi connectivity index (χ4n) is 1.54. The third kappa shape index (κ3) is 4.46. The molecule has 0 heterocycles. The minimum atomic E-state index is -1.13. The van der Waals surface area contributed by atoms with Crippen molar-refractivity contribution >= 4 is 12.1 Å². The van der Waals surface area contributed by atoms with Gasteiger partial charge in [0.15, 0.2) is 6.04 Å². The van der Waals surface area contributed by atoms with Crippen molar-refractivity contribution < 1.29 is 24.2 Å². The SMILES string of the molecule is COC(=O)C(NC(=O)OC(C)(C)C)c1ccccc1O. The van der Waals surface area contributed by atoms with Crippen LogP contribution < -0.4 is 5.32 Å². The van der Waals surface area contributed by atoms with Crippen LogP contribution in [-0.4, -0.2) is 29.9 Å². The average molecular weight is 281 g/mol. The van der Waals surface area contributed by atoms with E-state index in [0.717, 1.165) is 0 Å². The van der Waals surface area contributed by atoms with Crippen LogP contribution in [-0.2, 0) is 14.3 Å². The number of phenolic OH excluding ortho intramolecular Hbond substituents is 1. The zero-order valence-corrected chi connectivity index (χ0v) is 12.0. The van der Waals surface area contributed by atoms with Gasteiger partial charge >= 0.3 is 12.1 Å². The third-order valence-electron chi connectivity index (χ3n) is 2.35. The number of esters is 1. The molecule has 1 atom stereocenters. The molecule has 1 rings (SSSR count). The minimum absolute atomic E-state index is 0.112. The first-order valence-corrected chi connectivity index (χ1v) is 6.10. The van der Waals surface area contributed by atoms with Crippen LogP contribution in [0.25, 0.3) is 0 Å². The number of ether oxygens (including phenoxy) is 2. The zero-order chi connectivity index (χ0) is 15.3. The maximum absolute atomic E-state index is 11.8. The second-order valence-electron chi connectivity index (χ2n) is 5.16. The van der Waals surface area contributed by atoms with Gasteiger partial charge in [0.25, 0.3) is 0 Å². The Morgan fingerprint density at radius 1 is 1.25 bits per heavy atom. The Morgan fingerprint density at radius 3 is 2.35 bits per heavy atom. The molecule has 1 aromatic rings. The lowest BCUT2D eigenvalue weighted by Gasteiger charge is -2.23. The molecule has 20 heavy (non-hydrogen) atoms. The van der Waals surface area contributed by atoms with Gasteiger partial charge in [-0.15, -0.1) is 0 Å². The molecule has 0 radical (unpaired) electrons. The molecule has 6 heteroatoms. The number of nitrogens with one attached hydrogen (secondary N) is 1. The summed E-state index contributed by atoms with van der Waals surface area (Å²) < 4.78 is 9.72. The van der Waals surface area contributed by atoms with E-state index in [1.807, 2.05) is 0 Å². The molecule has 2 N–H and O–H groups in total. The molecule has 6 nitrogen and oxygen atoms in total. The Bertz CT molecular complexity index is 493. The molecule has 0 fully saturated rings. The van der Waals surface area contributed by atoms with Crippen LogP contribution in [0.1, 0.15) is 32.4 Å². The molecule has 0 saturated heterocycles. The van der Waals surface area contributed by atoms with Crippen molar-refractivity contribution in [2.45, 2.75) is 32.4 Å². The van der Waals surface area contributed by atoms with E-state index in [1.54, 1.807) is 32.9 Å². The predicted octanol–water partition coefficient (Wildman–Crippen LogP) is 2.13. The Labute approximate surface area is 117 Å². The highest BCUT2D eigenvalue weighted by Crippen LogP contribution is 2.25. The van der Waals surface area contributed by atoms with E-state index in [2.05, 4.69) is 10.1 Å². The van der Waals surface area contributed by atoms with Crippen LogP contribution in [0.2, 0.25) is 0 Å². The molecule has 0 aliphatic rings. The highest BCUT2D eigenvalue weighted by molar-refractivity contribution is 5.83. The first-order chi connectivity index (χ1) is 9.24. The van der Waals surface area contributed by atoms with Gasteiger partial charge in [0.05, 0.1) is 7.11 Å². The third-order valence-corrected chi connectivity index (χ3v) is 2.35.